The third-order valence-electron chi connectivity index (χ3n) is 7.01. The van der Waals surface area contributed by atoms with Crippen molar-refractivity contribution in [3.8, 4) is 5.75 Å². The quantitative estimate of drug-likeness (QED) is 0.201. The molecule has 3 aromatic carbocycles. The van der Waals surface area contributed by atoms with E-state index >= 15 is 0 Å². The maximum Gasteiger partial charge on any atom is 0.411 e. The fourth-order valence-corrected chi connectivity index (χ4v) is 4.77. The summed E-state index contributed by atoms with van der Waals surface area (Å²) in [6.07, 6.45) is 4.77. The number of ether oxygens (including phenoxy) is 2. The molecule has 8 heteroatoms. The number of anilines is 3. The van der Waals surface area contributed by atoms with Crippen LogP contribution in [0.2, 0.25) is 0 Å². The van der Waals surface area contributed by atoms with Gasteiger partial charge >= 0.3 is 6.09 Å². The lowest BCUT2D eigenvalue weighted by molar-refractivity contribution is 0.103. The van der Waals surface area contributed by atoms with Crippen LogP contribution in [0.5, 0.6) is 5.75 Å². The smallest absolute Gasteiger partial charge is 0.411 e. The summed E-state index contributed by atoms with van der Waals surface area (Å²) in [6.45, 7) is 2.46. The number of carbonyl (C=O) groups excluding carboxylic acids is 2. The predicted octanol–water partition coefficient (Wildman–Crippen LogP) is 5.94. The van der Waals surface area contributed by atoms with Gasteiger partial charge < -0.3 is 20.1 Å². The molecule has 1 fully saturated rings. The molecule has 204 valence electrons. The molecule has 0 aliphatic carbocycles. The second-order valence-corrected chi connectivity index (χ2v) is 9.76. The maximum absolute atomic E-state index is 13.5. The number of piperidine rings is 1. The fourth-order valence-electron chi connectivity index (χ4n) is 4.77. The number of aromatic nitrogens is 1. The Morgan fingerprint density at radius 3 is 2.45 bits per heavy atom. The molecule has 3 N–H and O–H groups in total. The summed E-state index contributed by atoms with van der Waals surface area (Å²) >= 11 is 0. The van der Waals surface area contributed by atoms with Crippen LogP contribution in [0.3, 0.4) is 0 Å². The first-order chi connectivity index (χ1) is 19.6. The molecule has 0 radical (unpaired) electrons. The molecule has 2 heterocycles. The third-order valence-corrected chi connectivity index (χ3v) is 7.01. The van der Waals surface area contributed by atoms with Gasteiger partial charge in [-0.1, -0.05) is 48.5 Å². The van der Waals surface area contributed by atoms with E-state index in [1.807, 2.05) is 42.5 Å². The fraction of sp³-hybridized carbons (Fsp3) is 0.219. The van der Waals surface area contributed by atoms with Crippen LogP contribution < -0.4 is 20.7 Å². The lowest BCUT2D eigenvalue weighted by atomic mass is 9.97. The summed E-state index contributed by atoms with van der Waals surface area (Å²) in [6, 6.07) is 25.7. The Morgan fingerprint density at radius 2 is 1.68 bits per heavy atom. The van der Waals surface area contributed by atoms with Crippen molar-refractivity contribution in [1.29, 1.82) is 0 Å². The number of rotatable bonds is 9. The lowest BCUT2D eigenvalue weighted by Crippen LogP contribution is -2.35. The molecule has 40 heavy (non-hydrogen) atoms. The van der Waals surface area contributed by atoms with E-state index in [1.165, 1.54) is 0 Å². The highest BCUT2D eigenvalue weighted by molar-refractivity contribution is 6.15. The number of nitrogens with two attached hydrogens (primary N) is 1. The standard InChI is InChI=1S/C32H32N4O4/c33-29-11-5-10-28(31(37)25-8-4-9-27(20-25)39-21-23-6-2-1-3-7-23)30(29)35-32(38)40-22-24-14-18-36(19-15-24)26-12-16-34-17-13-26/h1-13,16-17,20,24H,14-15,18-19,21-22,33H2,(H,35,38). The van der Waals surface area contributed by atoms with Crippen LogP contribution in [0, 0.1) is 5.92 Å². The minimum absolute atomic E-state index is 0.237. The van der Waals surface area contributed by atoms with Crippen LogP contribution in [0.1, 0.15) is 34.3 Å². The molecule has 0 spiro atoms. The minimum Gasteiger partial charge on any atom is -0.489 e. The number of amides is 1. The molecule has 1 aromatic heterocycles. The second-order valence-electron chi connectivity index (χ2n) is 9.76. The average molecular weight is 537 g/mol. The first-order valence-electron chi connectivity index (χ1n) is 13.4. The van der Waals surface area contributed by atoms with Crippen molar-refractivity contribution in [2.24, 2.45) is 5.92 Å². The average Bonchev–Trinajstić information content (AvgIpc) is 3.01. The van der Waals surface area contributed by atoms with E-state index in [0.29, 0.717) is 24.5 Å². The van der Waals surface area contributed by atoms with Crippen molar-refractivity contribution >= 4 is 28.9 Å². The molecular formula is C32H32N4O4. The van der Waals surface area contributed by atoms with Crippen molar-refractivity contribution in [2.75, 3.05) is 35.6 Å². The van der Waals surface area contributed by atoms with Gasteiger partial charge in [-0.3, -0.25) is 15.1 Å². The van der Waals surface area contributed by atoms with Crippen LogP contribution in [0.15, 0.2) is 97.3 Å². The van der Waals surface area contributed by atoms with Gasteiger partial charge in [0.25, 0.3) is 0 Å². The number of benzene rings is 3. The Morgan fingerprint density at radius 1 is 0.925 bits per heavy atom. The van der Waals surface area contributed by atoms with Crippen LogP contribution in [0.25, 0.3) is 0 Å². The number of nitrogen functional groups attached to an aromatic ring is 1. The topological polar surface area (TPSA) is 107 Å². The van der Waals surface area contributed by atoms with Gasteiger partial charge in [-0.05, 0) is 60.7 Å². The summed E-state index contributed by atoms with van der Waals surface area (Å²) in [5, 5.41) is 2.71. The Kier molecular flexibility index (Phi) is 8.56. The van der Waals surface area contributed by atoms with Gasteiger partial charge in [0.15, 0.2) is 5.78 Å². The highest BCUT2D eigenvalue weighted by atomic mass is 16.5. The number of nitrogens with zero attached hydrogens (tertiary/aromatic N) is 2. The van der Waals surface area contributed by atoms with E-state index < -0.39 is 6.09 Å². The molecule has 5 rings (SSSR count). The number of nitrogens with one attached hydrogen (secondary N) is 1. The normalized spacial score (nSPS) is 13.4. The molecule has 0 atom stereocenters. The molecule has 8 nitrogen and oxygen atoms in total. The summed E-state index contributed by atoms with van der Waals surface area (Å²) in [4.78, 5) is 32.6. The van der Waals surface area contributed by atoms with Gasteiger partial charge in [-0.15, -0.1) is 0 Å². The number of hydrogen-bond acceptors (Lipinski definition) is 7. The zero-order valence-electron chi connectivity index (χ0n) is 22.2. The Hall–Kier alpha value is -4.85. The van der Waals surface area contributed by atoms with Crippen molar-refractivity contribution in [3.63, 3.8) is 0 Å². The van der Waals surface area contributed by atoms with E-state index in [0.717, 1.165) is 37.2 Å². The van der Waals surface area contributed by atoms with Crippen LogP contribution in [-0.4, -0.2) is 36.6 Å². The molecule has 1 aliphatic rings. The van der Waals surface area contributed by atoms with E-state index in [-0.39, 0.29) is 28.6 Å². The van der Waals surface area contributed by atoms with E-state index in [4.69, 9.17) is 15.2 Å². The lowest BCUT2D eigenvalue weighted by Gasteiger charge is -2.33. The Bertz CT molecular complexity index is 1440. The number of hydrogen-bond donors (Lipinski definition) is 2. The maximum atomic E-state index is 13.5. The zero-order chi connectivity index (χ0) is 27.7. The van der Waals surface area contributed by atoms with Gasteiger partial charge in [0.2, 0.25) is 0 Å². The van der Waals surface area contributed by atoms with Crippen molar-refractivity contribution in [1.82, 2.24) is 4.98 Å². The van der Waals surface area contributed by atoms with E-state index in [9.17, 15) is 9.59 Å². The van der Waals surface area contributed by atoms with Gasteiger partial charge in [-0.25, -0.2) is 4.79 Å². The van der Waals surface area contributed by atoms with Gasteiger partial charge in [0.05, 0.1) is 18.0 Å². The summed E-state index contributed by atoms with van der Waals surface area (Å²) in [5.41, 5.74) is 9.58. The Balaban J connectivity index is 1.18. The highest BCUT2D eigenvalue weighted by Crippen LogP contribution is 2.28. The van der Waals surface area contributed by atoms with Crippen LogP contribution >= 0.6 is 0 Å². The van der Waals surface area contributed by atoms with Crippen LogP contribution in [0.4, 0.5) is 21.9 Å². The monoisotopic (exact) mass is 536 g/mol. The van der Waals surface area contributed by atoms with Crippen molar-refractivity contribution in [3.05, 3.63) is 114 Å². The number of carbonyl (C=O) groups is 2. The molecule has 0 saturated carbocycles. The molecule has 0 unspecified atom stereocenters. The SMILES string of the molecule is Nc1cccc(C(=O)c2cccc(OCc3ccccc3)c2)c1NC(=O)OCC1CCN(c2ccncc2)CC1. The molecule has 1 saturated heterocycles. The molecule has 4 aromatic rings. The first-order valence-corrected chi connectivity index (χ1v) is 13.4. The van der Waals surface area contributed by atoms with E-state index in [2.05, 4.69) is 15.2 Å². The molecular weight excluding hydrogens is 504 g/mol. The van der Waals surface area contributed by atoms with Crippen LogP contribution in [-0.2, 0) is 11.3 Å². The van der Waals surface area contributed by atoms with Gasteiger partial charge in [-0.2, -0.15) is 0 Å². The summed E-state index contributed by atoms with van der Waals surface area (Å²) in [5.74, 6) is 0.551. The van der Waals surface area contributed by atoms with Gasteiger partial charge in [0.1, 0.15) is 12.4 Å². The summed E-state index contributed by atoms with van der Waals surface area (Å²) < 4.78 is 11.4. The second kappa shape index (κ2) is 12.8. The molecule has 1 amide bonds. The Labute approximate surface area is 233 Å². The van der Waals surface area contributed by atoms with Crippen molar-refractivity contribution < 1.29 is 19.1 Å². The number of pyridine rings is 1. The highest BCUT2D eigenvalue weighted by Gasteiger charge is 2.22. The zero-order valence-corrected chi connectivity index (χ0v) is 22.2. The first kappa shape index (κ1) is 26.7. The van der Waals surface area contributed by atoms with Gasteiger partial charge in [0, 0.05) is 42.3 Å². The minimum atomic E-state index is -0.636. The van der Waals surface area contributed by atoms with E-state index in [1.54, 1.807) is 54.9 Å². The third kappa shape index (κ3) is 6.77. The molecule has 0 bridgehead atoms. The summed E-state index contributed by atoms with van der Waals surface area (Å²) in [7, 11) is 0. The number of ketones is 1. The largest absolute Gasteiger partial charge is 0.489 e. The molecule has 1 aliphatic heterocycles. The van der Waals surface area contributed by atoms with Crippen molar-refractivity contribution in [2.45, 2.75) is 19.4 Å². The number of para-hydroxylation sites is 1. The predicted molar refractivity (Wildman–Crippen MR) is 156 cm³/mol.